The molecule has 0 spiro atoms. The summed E-state index contributed by atoms with van der Waals surface area (Å²) in [5.41, 5.74) is 0. The van der Waals surface area contributed by atoms with Gasteiger partial charge in [0.15, 0.2) is 0 Å². The molecule has 0 aromatic heterocycles. The van der Waals surface area contributed by atoms with Gasteiger partial charge < -0.3 is 5.32 Å². The molecule has 2 atom stereocenters. The van der Waals surface area contributed by atoms with Gasteiger partial charge in [0, 0.05) is 24.9 Å². The summed E-state index contributed by atoms with van der Waals surface area (Å²) in [5.74, 6) is -117. The molecule has 0 amide bonds. The fourth-order valence-corrected chi connectivity index (χ4v) is 5.41. The summed E-state index contributed by atoms with van der Waals surface area (Å²) in [7, 11) is 0. The van der Waals surface area contributed by atoms with Crippen LogP contribution in [0.25, 0.3) is 0 Å². The zero-order chi connectivity index (χ0) is 50.2. The van der Waals surface area contributed by atoms with E-state index in [1.807, 2.05) is 0 Å². The lowest BCUT2D eigenvalue weighted by molar-refractivity contribution is -0.461. The highest BCUT2D eigenvalue weighted by Crippen LogP contribution is 2.66. The minimum absolute atomic E-state index is 0.326. The van der Waals surface area contributed by atoms with Gasteiger partial charge >= 0.3 is 95.3 Å². The third-order valence-corrected chi connectivity index (χ3v) is 9.24. The molecular weight excluding hydrogens is 984 g/mol. The normalized spacial score (nSPS) is 20.2. The van der Waals surface area contributed by atoms with Crippen LogP contribution in [0, 0.1) is 0 Å². The van der Waals surface area contributed by atoms with E-state index < -0.39 is 159 Å². The van der Waals surface area contributed by atoms with Crippen molar-refractivity contribution in [3.63, 3.8) is 0 Å². The van der Waals surface area contributed by atoms with Gasteiger partial charge in [0.25, 0.3) is 0 Å². The molecule has 0 aromatic rings. The Hall–Kier alpha value is -2.42. The summed E-state index contributed by atoms with van der Waals surface area (Å²) >= 11 is 0. The van der Waals surface area contributed by atoms with Crippen LogP contribution in [0.3, 0.4) is 0 Å². The number of alkyl halides is 34. The molecular formula is C27H21F34N. The average molecular weight is 1010 g/mol. The molecule has 1 heterocycles. The minimum Gasteiger partial charge on any atom is -0.311 e. The van der Waals surface area contributed by atoms with E-state index in [0.29, 0.717) is 0 Å². The summed E-state index contributed by atoms with van der Waals surface area (Å²) in [5, 5.41) is 2.15. The Morgan fingerprint density at radius 3 is 0.677 bits per heavy atom. The first-order valence-corrected chi connectivity index (χ1v) is 15.8. The molecule has 1 fully saturated rings. The molecule has 0 unspecified atom stereocenters. The van der Waals surface area contributed by atoms with Crippen molar-refractivity contribution < 1.29 is 149 Å². The molecule has 1 saturated heterocycles. The zero-order valence-electron chi connectivity index (χ0n) is 28.9. The van der Waals surface area contributed by atoms with Crippen molar-refractivity contribution in [2.45, 2.75) is 165 Å². The van der Waals surface area contributed by atoms with Gasteiger partial charge in [-0.3, -0.25) is 0 Å². The highest BCUT2D eigenvalue weighted by atomic mass is 19.4. The largest absolute Gasteiger partial charge is 0.460 e. The van der Waals surface area contributed by atoms with E-state index >= 15 is 0 Å². The Kier molecular flexibility index (Phi) is 15.0. The van der Waals surface area contributed by atoms with E-state index in [0.717, 1.165) is 0 Å². The number of hydrogen-bond acceptors (Lipinski definition) is 1. The molecule has 0 saturated carbocycles. The first kappa shape index (κ1) is 57.6. The summed E-state index contributed by atoms with van der Waals surface area (Å²) in [6.45, 7) is 0. The van der Waals surface area contributed by atoms with Gasteiger partial charge in [-0.15, -0.1) is 0 Å². The fraction of sp³-hybridized carbons (Fsp3) is 1.00. The zero-order valence-corrected chi connectivity index (χ0v) is 28.9. The molecule has 372 valence electrons. The van der Waals surface area contributed by atoms with Crippen molar-refractivity contribution in [3.05, 3.63) is 0 Å². The quantitative estimate of drug-likeness (QED) is 0.120. The molecule has 1 nitrogen and oxygen atoms in total. The molecule has 62 heavy (non-hydrogen) atoms. The SMILES string of the molecule is FC(F)(F)C(F)(F)C(F)(F)C(F)(F)C(F)(F)C(F)(F)C(F)(F)C(F)(F)CCC[C@H]1CCC[C@@H](CCCC(F)(F)C(F)(F)C(F)(F)C(F)(F)C(F)(F)C(F)(F)C(F)(F)C(F)(F)F)N1. The van der Waals surface area contributed by atoms with Crippen molar-refractivity contribution >= 4 is 0 Å². The first-order chi connectivity index (χ1) is 26.7. The molecule has 1 rings (SSSR count). The van der Waals surface area contributed by atoms with Gasteiger partial charge in [-0.25, -0.2) is 0 Å². The van der Waals surface area contributed by atoms with Crippen LogP contribution < -0.4 is 5.32 Å². The van der Waals surface area contributed by atoms with E-state index in [9.17, 15) is 149 Å². The Balaban J connectivity index is 3.14. The van der Waals surface area contributed by atoms with Gasteiger partial charge in [-0.1, -0.05) is 6.42 Å². The molecule has 0 aromatic carbocycles. The predicted octanol–water partition coefficient (Wildman–Crippen LogP) is 13.9. The lowest BCUT2D eigenvalue weighted by Gasteiger charge is -2.43. The maximum atomic E-state index is 14.2. The second kappa shape index (κ2) is 16.2. The molecule has 1 aliphatic heterocycles. The average Bonchev–Trinajstić information content (AvgIpc) is 3.06. The number of hydrogen-bond donors (Lipinski definition) is 1. The molecule has 1 aliphatic rings. The smallest absolute Gasteiger partial charge is 0.311 e. The second-order valence-electron chi connectivity index (χ2n) is 13.6. The lowest BCUT2D eigenvalue weighted by atomic mass is 9.86. The van der Waals surface area contributed by atoms with Crippen LogP contribution in [0.5, 0.6) is 0 Å². The Morgan fingerprint density at radius 1 is 0.274 bits per heavy atom. The monoisotopic (exact) mass is 1010 g/mol. The van der Waals surface area contributed by atoms with Crippen LogP contribution in [0.2, 0.25) is 0 Å². The van der Waals surface area contributed by atoms with Crippen LogP contribution in [0.15, 0.2) is 0 Å². The summed E-state index contributed by atoms with van der Waals surface area (Å²) < 4.78 is 457. The van der Waals surface area contributed by atoms with Crippen LogP contribution in [-0.4, -0.2) is 107 Å². The first-order valence-electron chi connectivity index (χ1n) is 15.8. The maximum Gasteiger partial charge on any atom is 0.460 e. The van der Waals surface area contributed by atoms with Crippen molar-refractivity contribution in [2.75, 3.05) is 0 Å². The third kappa shape index (κ3) is 8.46. The highest BCUT2D eigenvalue weighted by Gasteiger charge is 2.96. The maximum absolute atomic E-state index is 14.2. The van der Waals surface area contributed by atoms with E-state index in [1.165, 1.54) is 0 Å². The summed E-state index contributed by atoms with van der Waals surface area (Å²) in [6, 6.07) is -3.03. The topological polar surface area (TPSA) is 12.0 Å². The van der Waals surface area contributed by atoms with E-state index in [2.05, 4.69) is 5.32 Å². The van der Waals surface area contributed by atoms with Crippen LogP contribution >= 0.6 is 0 Å². The van der Waals surface area contributed by atoms with Crippen LogP contribution in [0.1, 0.15) is 57.8 Å². The lowest BCUT2D eigenvalue weighted by Crippen LogP contribution is -2.74. The van der Waals surface area contributed by atoms with Crippen molar-refractivity contribution in [3.8, 4) is 0 Å². The number of nitrogens with one attached hydrogen (secondary N) is 1. The molecule has 35 heteroatoms. The van der Waals surface area contributed by atoms with E-state index in [-0.39, 0.29) is 6.42 Å². The van der Waals surface area contributed by atoms with Crippen LogP contribution in [-0.2, 0) is 0 Å². The number of rotatable bonds is 20. The van der Waals surface area contributed by atoms with Gasteiger partial charge in [0.2, 0.25) is 0 Å². The van der Waals surface area contributed by atoms with Gasteiger partial charge in [0.05, 0.1) is 0 Å². The van der Waals surface area contributed by atoms with Gasteiger partial charge in [-0.2, -0.15) is 149 Å². The standard InChI is InChI=1S/C27H21F34N/c28-12(29,14(32,33)16(36,37)18(40,41)20(44,45)22(48,49)24(52,53)26(56,57)58)8-2-6-10-4-1-5-11(62-10)7-3-9-13(30,31)15(34,35)17(38,39)19(42,43)21(46,47)23(50,51)25(54,55)27(59,60)61/h10-11,62H,1-9H2/t10-,11+. The molecule has 1 N–H and O–H groups in total. The van der Waals surface area contributed by atoms with E-state index in [1.54, 1.807) is 0 Å². The highest BCUT2D eigenvalue weighted by molar-refractivity contribution is 5.16. The second-order valence-corrected chi connectivity index (χ2v) is 13.6. The minimum atomic E-state index is -8.89. The van der Waals surface area contributed by atoms with E-state index in [4.69, 9.17) is 0 Å². The molecule has 0 aliphatic carbocycles. The van der Waals surface area contributed by atoms with Crippen LogP contribution in [0.4, 0.5) is 149 Å². The fourth-order valence-electron chi connectivity index (χ4n) is 5.41. The number of halogens is 34. The number of piperidine rings is 1. The third-order valence-electron chi connectivity index (χ3n) is 9.24. The van der Waals surface area contributed by atoms with Crippen molar-refractivity contribution in [1.82, 2.24) is 5.32 Å². The summed E-state index contributed by atoms with van der Waals surface area (Å²) in [6.07, 6.45) is -28.6. The Morgan fingerprint density at radius 2 is 0.468 bits per heavy atom. The van der Waals surface area contributed by atoms with Gasteiger partial charge in [0.1, 0.15) is 0 Å². The Labute approximate surface area is 320 Å². The molecule has 0 radical (unpaired) electrons. The van der Waals surface area contributed by atoms with Gasteiger partial charge in [-0.05, 0) is 38.5 Å². The Bertz CT molecular complexity index is 1410. The van der Waals surface area contributed by atoms with Crippen molar-refractivity contribution in [2.24, 2.45) is 0 Å². The predicted molar refractivity (Wildman–Crippen MR) is 134 cm³/mol. The molecule has 0 bridgehead atoms. The van der Waals surface area contributed by atoms with Crippen molar-refractivity contribution in [1.29, 1.82) is 0 Å². The summed E-state index contributed by atoms with van der Waals surface area (Å²) in [4.78, 5) is 0.